The van der Waals surface area contributed by atoms with Gasteiger partial charge in [-0.1, -0.05) is 43.2 Å². The van der Waals surface area contributed by atoms with Crippen LogP contribution in [0.4, 0.5) is 4.79 Å². The molecule has 4 aliphatic rings. The average molecular weight is 716 g/mol. The van der Waals surface area contributed by atoms with E-state index < -0.39 is 59.3 Å². The average Bonchev–Trinajstić information content (AvgIpc) is 3.62. The molecule has 0 radical (unpaired) electrons. The number of fused-ring (bicyclic) bond motifs is 3. The molecule has 3 amide bonds. The maximum Gasteiger partial charge on any atom is 0.408 e. The maximum atomic E-state index is 14.4. The Morgan fingerprint density at radius 3 is 2.47 bits per heavy atom. The summed E-state index contributed by atoms with van der Waals surface area (Å²) in [5.41, 5.74) is 0.214. The predicted molar refractivity (Wildman–Crippen MR) is 187 cm³/mol. The Kier molecular flexibility index (Phi) is 10.0. The number of ether oxygens (including phenoxy) is 2. The normalized spacial score (nSPS) is 27.7. The predicted octanol–water partition coefficient (Wildman–Crippen LogP) is 4.79. The van der Waals surface area contributed by atoms with Gasteiger partial charge in [0.1, 0.15) is 35.5 Å². The van der Waals surface area contributed by atoms with E-state index in [1.54, 1.807) is 6.08 Å². The van der Waals surface area contributed by atoms with Crippen LogP contribution >= 0.6 is 11.3 Å². The molecular formula is C37H41N5O8S. The number of hydrogen-bond donors (Lipinski definition) is 3. The fourth-order valence-corrected chi connectivity index (χ4v) is 8.19. The molecule has 51 heavy (non-hydrogen) atoms. The van der Waals surface area contributed by atoms with Gasteiger partial charge < -0.3 is 30.1 Å². The molecule has 4 heterocycles. The Labute approximate surface area is 298 Å². The summed E-state index contributed by atoms with van der Waals surface area (Å²) in [5.74, 6) is -4.10. The van der Waals surface area contributed by atoms with Gasteiger partial charge in [-0.05, 0) is 74.9 Å². The van der Waals surface area contributed by atoms with Gasteiger partial charge in [0.15, 0.2) is 0 Å². The molecule has 2 saturated carbocycles. The lowest BCUT2D eigenvalue weighted by Crippen LogP contribution is -2.57. The van der Waals surface area contributed by atoms with Crippen LogP contribution in [0.2, 0.25) is 0 Å². The van der Waals surface area contributed by atoms with Gasteiger partial charge in [-0.3, -0.25) is 14.4 Å². The van der Waals surface area contributed by atoms with Crippen LogP contribution in [0.1, 0.15) is 70.6 Å². The second kappa shape index (κ2) is 14.8. The summed E-state index contributed by atoms with van der Waals surface area (Å²) in [7, 11) is 0. The Morgan fingerprint density at radius 2 is 1.73 bits per heavy atom. The van der Waals surface area contributed by atoms with Gasteiger partial charge >= 0.3 is 12.1 Å². The molecule has 3 fully saturated rings. The van der Waals surface area contributed by atoms with Crippen molar-refractivity contribution in [2.45, 2.75) is 100 Å². The van der Waals surface area contributed by atoms with Gasteiger partial charge in [0.05, 0.1) is 22.5 Å². The number of carboxylic acids is 1. The molecule has 0 bridgehead atoms. The van der Waals surface area contributed by atoms with E-state index in [9.17, 15) is 29.1 Å². The van der Waals surface area contributed by atoms with E-state index in [0.717, 1.165) is 43.4 Å². The summed E-state index contributed by atoms with van der Waals surface area (Å²) in [5, 5.41) is 17.1. The number of carbonyl (C=O) groups excluding carboxylic acids is 4. The fourth-order valence-electron chi connectivity index (χ4n) is 7.49. The first-order valence-corrected chi connectivity index (χ1v) is 18.6. The maximum absolute atomic E-state index is 14.4. The first-order valence-electron chi connectivity index (χ1n) is 17.7. The summed E-state index contributed by atoms with van der Waals surface area (Å²) in [6.45, 7) is -0.0195. The van der Waals surface area contributed by atoms with Crippen LogP contribution in [-0.2, 0) is 23.9 Å². The number of rotatable bonds is 7. The molecule has 3 aromatic rings. The molecule has 5 atom stereocenters. The number of aromatic nitrogens is 2. The minimum absolute atomic E-state index is 0.0195. The second-order valence-corrected chi connectivity index (χ2v) is 14.8. The van der Waals surface area contributed by atoms with Gasteiger partial charge in [0, 0.05) is 12.3 Å². The first-order chi connectivity index (χ1) is 24.7. The smallest absolute Gasteiger partial charge is 0.408 e. The van der Waals surface area contributed by atoms with E-state index in [1.807, 2.05) is 47.9 Å². The fraction of sp³-hybridized carbons (Fsp3) is 0.486. The van der Waals surface area contributed by atoms with Crippen molar-refractivity contribution < 1.29 is 38.6 Å². The molecule has 13 nitrogen and oxygen atoms in total. The van der Waals surface area contributed by atoms with Crippen LogP contribution in [0, 0.1) is 5.92 Å². The number of allylic oxidation sites excluding steroid dienone is 1. The summed E-state index contributed by atoms with van der Waals surface area (Å²) < 4.78 is 12.1. The number of aliphatic carboxylic acids is 1. The highest BCUT2D eigenvalue weighted by atomic mass is 32.1. The molecule has 2 aliphatic heterocycles. The number of nitrogens with zero attached hydrogens (tertiary/aromatic N) is 3. The molecule has 7 rings (SSSR count). The van der Waals surface area contributed by atoms with E-state index >= 15 is 0 Å². The molecule has 1 aromatic carbocycles. The van der Waals surface area contributed by atoms with Gasteiger partial charge in [-0.15, -0.1) is 11.3 Å². The van der Waals surface area contributed by atoms with E-state index in [0.29, 0.717) is 36.0 Å². The topological polar surface area (TPSA) is 177 Å². The van der Waals surface area contributed by atoms with Crippen molar-refractivity contribution in [3.05, 3.63) is 53.9 Å². The number of Topliss-reactive ketones (excluding diaryl/α,β-unsaturated/α-hetero) is 1. The van der Waals surface area contributed by atoms with Crippen molar-refractivity contribution in [3.8, 4) is 16.5 Å². The number of carboxylic acid groups (broad SMARTS) is 1. The second-order valence-electron chi connectivity index (χ2n) is 13.8. The Balaban J connectivity index is 1.20. The number of ketones is 1. The SMILES string of the molecule is O=C(N[C@@H]1CCCCC/C=C\C2C[C@]2(C(=O)C(=O)O)NC(=O)[C@@H]2C[C@@H](Oc3nc4ccccc4nc3-c3cccs3)CN2C1=O)OC1CCCC1. The van der Waals surface area contributed by atoms with Crippen LogP contribution in [0.15, 0.2) is 53.9 Å². The summed E-state index contributed by atoms with van der Waals surface area (Å²) >= 11 is 1.47. The summed E-state index contributed by atoms with van der Waals surface area (Å²) in [6.07, 6.45) is 9.04. The molecule has 0 spiro atoms. The molecule has 14 heteroatoms. The highest BCUT2D eigenvalue weighted by Crippen LogP contribution is 2.46. The number of para-hydroxylation sites is 2. The van der Waals surface area contributed by atoms with Crippen LogP contribution in [-0.4, -0.2) is 86.0 Å². The van der Waals surface area contributed by atoms with Gasteiger partial charge in [0.25, 0.3) is 5.78 Å². The quantitative estimate of drug-likeness (QED) is 0.228. The van der Waals surface area contributed by atoms with Gasteiger partial charge in [0.2, 0.25) is 17.7 Å². The van der Waals surface area contributed by atoms with Gasteiger partial charge in [-0.2, -0.15) is 0 Å². The highest BCUT2D eigenvalue weighted by molar-refractivity contribution is 7.13. The minimum Gasteiger partial charge on any atom is -0.475 e. The van der Waals surface area contributed by atoms with Crippen LogP contribution in [0.5, 0.6) is 5.88 Å². The van der Waals surface area contributed by atoms with Crippen molar-refractivity contribution >= 4 is 52.0 Å². The zero-order valence-electron chi connectivity index (χ0n) is 28.1. The molecular weight excluding hydrogens is 675 g/mol. The van der Waals surface area contributed by atoms with Crippen molar-refractivity contribution in [1.82, 2.24) is 25.5 Å². The molecule has 3 N–H and O–H groups in total. The number of carbonyl (C=O) groups is 5. The zero-order valence-corrected chi connectivity index (χ0v) is 28.9. The third kappa shape index (κ3) is 7.46. The van der Waals surface area contributed by atoms with Crippen molar-refractivity contribution in [2.24, 2.45) is 5.92 Å². The summed E-state index contributed by atoms with van der Waals surface area (Å²) in [4.78, 5) is 78.4. The lowest BCUT2D eigenvalue weighted by molar-refractivity contribution is -0.151. The van der Waals surface area contributed by atoms with Crippen molar-refractivity contribution in [2.75, 3.05) is 6.54 Å². The zero-order chi connectivity index (χ0) is 35.5. The third-order valence-corrected chi connectivity index (χ3v) is 11.2. The van der Waals surface area contributed by atoms with E-state index in [4.69, 9.17) is 19.4 Å². The van der Waals surface area contributed by atoms with Crippen LogP contribution in [0.3, 0.4) is 0 Å². The Morgan fingerprint density at radius 1 is 0.961 bits per heavy atom. The third-order valence-electron chi connectivity index (χ3n) is 10.3. The molecule has 1 saturated heterocycles. The first kappa shape index (κ1) is 34.6. The number of alkyl carbamates (subject to hydrolysis) is 1. The standard InChI is InChI=1S/C37H41N5O8S/c43-31(35(46)47)37-20-22(37)11-4-2-1-3-5-16-27(40-36(48)50-23-12-6-7-13-23)34(45)42-21-24(19-28(42)32(44)41-37)49-33-30(29-17-10-18-51-29)38-25-14-8-9-15-26(25)39-33/h4,8-11,14-15,17-18,22-24,27-28H,1-3,5-7,12-13,16,19-21H2,(H,40,48)(H,41,44)(H,46,47)/b11-4-/t22?,24-,27-,28+,37+/m1/s1. The number of nitrogens with one attached hydrogen (secondary N) is 2. The van der Waals surface area contributed by atoms with Crippen molar-refractivity contribution in [3.63, 3.8) is 0 Å². The minimum atomic E-state index is -1.63. The van der Waals surface area contributed by atoms with E-state index in [2.05, 4.69) is 10.6 Å². The highest BCUT2D eigenvalue weighted by Gasteiger charge is 2.62. The lowest BCUT2D eigenvalue weighted by Gasteiger charge is -2.29. The van der Waals surface area contributed by atoms with E-state index in [1.165, 1.54) is 16.2 Å². The number of hydrogen-bond acceptors (Lipinski definition) is 10. The van der Waals surface area contributed by atoms with E-state index in [-0.39, 0.29) is 31.4 Å². The molecule has 2 aliphatic carbocycles. The largest absolute Gasteiger partial charge is 0.475 e. The number of benzene rings is 1. The van der Waals surface area contributed by atoms with Crippen molar-refractivity contribution in [1.29, 1.82) is 0 Å². The van der Waals surface area contributed by atoms with Crippen LogP contribution < -0.4 is 15.4 Å². The molecule has 2 aromatic heterocycles. The molecule has 268 valence electrons. The Hall–Kier alpha value is -4.85. The molecule has 1 unspecified atom stereocenters. The Bertz CT molecular complexity index is 1840. The number of amides is 3. The summed E-state index contributed by atoms with van der Waals surface area (Å²) in [6, 6.07) is 9.12. The monoisotopic (exact) mass is 715 g/mol. The van der Waals surface area contributed by atoms with Crippen LogP contribution in [0.25, 0.3) is 21.6 Å². The lowest BCUT2D eigenvalue weighted by atomic mass is 10.0. The van der Waals surface area contributed by atoms with Gasteiger partial charge in [-0.25, -0.2) is 19.6 Å². The number of thiophene rings is 1.